The van der Waals surface area contributed by atoms with Gasteiger partial charge in [0.1, 0.15) is 0 Å². The molecular weight excluding hydrogens is 242 g/mol. The third-order valence-corrected chi connectivity index (χ3v) is 2.65. The summed E-state index contributed by atoms with van der Waals surface area (Å²) in [7, 11) is 1.73. The predicted octanol–water partition coefficient (Wildman–Crippen LogP) is 3.32. The van der Waals surface area contributed by atoms with E-state index < -0.39 is 0 Å². The molecule has 1 N–H and O–H groups in total. The Morgan fingerprint density at radius 1 is 1.00 bits per heavy atom. The molecule has 0 unspecified atom stereocenters. The van der Waals surface area contributed by atoms with Crippen molar-refractivity contribution >= 4 is 5.69 Å². The summed E-state index contributed by atoms with van der Waals surface area (Å²) < 4.78 is 16.1. The van der Waals surface area contributed by atoms with E-state index in [1.54, 1.807) is 7.11 Å². The van der Waals surface area contributed by atoms with E-state index in [9.17, 15) is 0 Å². The zero-order chi connectivity index (χ0) is 13.9. The summed E-state index contributed by atoms with van der Waals surface area (Å²) in [6, 6.07) is 5.96. The summed E-state index contributed by atoms with van der Waals surface area (Å²) in [5, 5.41) is 3.38. The van der Waals surface area contributed by atoms with E-state index in [2.05, 4.69) is 5.32 Å². The van der Waals surface area contributed by atoms with Crippen LogP contribution in [0.5, 0.6) is 11.5 Å². The van der Waals surface area contributed by atoms with Crippen LogP contribution >= 0.6 is 0 Å². The van der Waals surface area contributed by atoms with Crippen LogP contribution in [0.25, 0.3) is 0 Å². The van der Waals surface area contributed by atoms with Crippen LogP contribution < -0.4 is 14.8 Å². The summed E-state index contributed by atoms with van der Waals surface area (Å²) in [6.45, 7) is 6.97. The molecule has 1 aromatic carbocycles. The van der Waals surface area contributed by atoms with E-state index in [0.717, 1.165) is 43.2 Å². The SMILES string of the molecule is CCOc1ccc(NCCCCOC)cc1OCC. The molecule has 0 radical (unpaired) electrons. The molecule has 0 aliphatic heterocycles. The number of hydrogen-bond acceptors (Lipinski definition) is 4. The Bertz CT molecular complexity index is 355. The topological polar surface area (TPSA) is 39.7 Å². The number of methoxy groups -OCH3 is 1. The molecule has 0 atom stereocenters. The highest BCUT2D eigenvalue weighted by Crippen LogP contribution is 2.30. The van der Waals surface area contributed by atoms with Crippen molar-refractivity contribution in [3.63, 3.8) is 0 Å². The van der Waals surface area contributed by atoms with Crippen molar-refractivity contribution in [3.8, 4) is 11.5 Å². The van der Waals surface area contributed by atoms with Gasteiger partial charge in [0.15, 0.2) is 11.5 Å². The normalized spacial score (nSPS) is 10.3. The van der Waals surface area contributed by atoms with Gasteiger partial charge in [0.2, 0.25) is 0 Å². The largest absolute Gasteiger partial charge is 0.490 e. The molecule has 19 heavy (non-hydrogen) atoms. The fourth-order valence-corrected chi connectivity index (χ4v) is 1.77. The lowest BCUT2D eigenvalue weighted by Gasteiger charge is -2.13. The average molecular weight is 267 g/mol. The maximum atomic E-state index is 5.59. The minimum atomic E-state index is 0.636. The molecule has 0 fully saturated rings. The molecule has 0 saturated carbocycles. The Hall–Kier alpha value is -1.42. The Morgan fingerprint density at radius 3 is 2.42 bits per heavy atom. The molecule has 0 bridgehead atoms. The van der Waals surface area contributed by atoms with Gasteiger partial charge >= 0.3 is 0 Å². The third-order valence-electron chi connectivity index (χ3n) is 2.65. The zero-order valence-electron chi connectivity index (χ0n) is 12.2. The fourth-order valence-electron chi connectivity index (χ4n) is 1.77. The molecule has 108 valence electrons. The lowest BCUT2D eigenvalue weighted by molar-refractivity contribution is 0.194. The van der Waals surface area contributed by atoms with E-state index in [0.29, 0.717) is 13.2 Å². The van der Waals surface area contributed by atoms with E-state index in [4.69, 9.17) is 14.2 Å². The highest BCUT2D eigenvalue weighted by atomic mass is 16.5. The van der Waals surface area contributed by atoms with Crippen molar-refractivity contribution in [1.82, 2.24) is 0 Å². The van der Waals surface area contributed by atoms with E-state index in [-0.39, 0.29) is 0 Å². The highest BCUT2D eigenvalue weighted by Gasteiger charge is 2.05. The molecular formula is C15H25NO3. The van der Waals surface area contributed by atoms with Crippen LogP contribution in [-0.2, 0) is 4.74 Å². The van der Waals surface area contributed by atoms with Gasteiger partial charge in [0, 0.05) is 32.0 Å². The standard InChI is InChI=1S/C15H25NO3/c1-4-18-14-9-8-13(12-15(14)19-5-2)16-10-6-7-11-17-3/h8-9,12,16H,4-7,10-11H2,1-3H3. The molecule has 0 aliphatic rings. The second-order valence-electron chi connectivity index (χ2n) is 4.15. The summed E-state index contributed by atoms with van der Waals surface area (Å²) in [5.74, 6) is 1.60. The average Bonchev–Trinajstić information content (AvgIpc) is 2.42. The molecule has 4 nitrogen and oxygen atoms in total. The van der Waals surface area contributed by atoms with Crippen molar-refractivity contribution in [2.24, 2.45) is 0 Å². The first kappa shape index (κ1) is 15.6. The fraction of sp³-hybridized carbons (Fsp3) is 0.600. The van der Waals surface area contributed by atoms with E-state index in [1.165, 1.54) is 0 Å². The minimum absolute atomic E-state index is 0.636. The zero-order valence-corrected chi connectivity index (χ0v) is 12.2. The first-order valence-electron chi connectivity index (χ1n) is 6.94. The van der Waals surface area contributed by atoms with E-state index in [1.807, 2.05) is 32.0 Å². The number of rotatable bonds is 10. The van der Waals surface area contributed by atoms with E-state index >= 15 is 0 Å². The second-order valence-corrected chi connectivity index (χ2v) is 4.15. The molecule has 4 heteroatoms. The van der Waals surface area contributed by atoms with Crippen LogP contribution in [0.1, 0.15) is 26.7 Å². The quantitative estimate of drug-likeness (QED) is 0.660. The molecule has 0 heterocycles. The van der Waals surface area contributed by atoms with Gasteiger partial charge in [-0.05, 0) is 38.8 Å². The highest BCUT2D eigenvalue weighted by molar-refractivity contribution is 5.54. The number of benzene rings is 1. The van der Waals surface area contributed by atoms with Crippen LogP contribution in [0.15, 0.2) is 18.2 Å². The van der Waals surface area contributed by atoms with Gasteiger partial charge in [-0.1, -0.05) is 0 Å². The second kappa shape index (κ2) is 9.50. The Kier molecular flexibility index (Phi) is 7.82. The lowest BCUT2D eigenvalue weighted by atomic mass is 10.2. The predicted molar refractivity (Wildman–Crippen MR) is 78.4 cm³/mol. The first-order chi connectivity index (χ1) is 9.31. The maximum Gasteiger partial charge on any atom is 0.163 e. The van der Waals surface area contributed by atoms with Gasteiger partial charge in [0.05, 0.1) is 13.2 Å². The van der Waals surface area contributed by atoms with Crippen molar-refractivity contribution in [1.29, 1.82) is 0 Å². The summed E-state index contributed by atoms with van der Waals surface area (Å²) >= 11 is 0. The maximum absolute atomic E-state index is 5.59. The molecule has 0 amide bonds. The number of hydrogen-bond donors (Lipinski definition) is 1. The number of ether oxygens (including phenoxy) is 3. The van der Waals surface area contributed by atoms with Gasteiger partial charge in [-0.25, -0.2) is 0 Å². The Balaban J connectivity index is 2.51. The van der Waals surface area contributed by atoms with Crippen LogP contribution in [0.4, 0.5) is 5.69 Å². The number of anilines is 1. The van der Waals surface area contributed by atoms with Gasteiger partial charge in [-0.3, -0.25) is 0 Å². The number of unbranched alkanes of at least 4 members (excludes halogenated alkanes) is 1. The van der Waals surface area contributed by atoms with Crippen molar-refractivity contribution in [3.05, 3.63) is 18.2 Å². The van der Waals surface area contributed by atoms with Gasteiger partial charge < -0.3 is 19.5 Å². The molecule has 0 aromatic heterocycles. The van der Waals surface area contributed by atoms with Crippen molar-refractivity contribution in [2.45, 2.75) is 26.7 Å². The summed E-state index contributed by atoms with van der Waals surface area (Å²) in [6.07, 6.45) is 2.16. The Labute approximate surface area is 116 Å². The smallest absolute Gasteiger partial charge is 0.163 e. The molecule has 0 aliphatic carbocycles. The number of nitrogens with one attached hydrogen (secondary N) is 1. The van der Waals surface area contributed by atoms with Crippen molar-refractivity contribution < 1.29 is 14.2 Å². The third kappa shape index (κ3) is 5.83. The molecule has 1 rings (SSSR count). The van der Waals surface area contributed by atoms with Crippen molar-refractivity contribution in [2.75, 3.05) is 38.8 Å². The first-order valence-corrected chi connectivity index (χ1v) is 6.94. The molecule has 1 aromatic rings. The van der Waals surface area contributed by atoms with Crippen LogP contribution in [0, 0.1) is 0 Å². The monoisotopic (exact) mass is 267 g/mol. The molecule has 0 spiro atoms. The minimum Gasteiger partial charge on any atom is -0.490 e. The van der Waals surface area contributed by atoms with Gasteiger partial charge in [0.25, 0.3) is 0 Å². The summed E-state index contributed by atoms with van der Waals surface area (Å²) in [4.78, 5) is 0. The van der Waals surface area contributed by atoms with Crippen LogP contribution in [0.3, 0.4) is 0 Å². The van der Waals surface area contributed by atoms with Gasteiger partial charge in [-0.15, -0.1) is 0 Å². The lowest BCUT2D eigenvalue weighted by Crippen LogP contribution is -2.04. The van der Waals surface area contributed by atoms with Crippen LogP contribution in [0.2, 0.25) is 0 Å². The van der Waals surface area contributed by atoms with Gasteiger partial charge in [-0.2, -0.15) is 0 Å². The Morgan fingerprint density at radius 2 is 1.74 bits per heavy atom. The molecule has 0 saturated heterocycles. The van der Waals surface area contributed by atoms with Crippen LogP contribution in [-0.4, -0.2) is 33.5 Å². The summed E-state index contributed by atoms with van der Waals surface area (Å²) in [5.41, 5.74) is 1.06.